The lowest BCUT2D eigenvalue weighted by Gasteiger charge is -2.15. The number of aliphatic hydroxyl groups excluding tert-OH is 3. The van der Waals surface area contributed by atoms with E-state index in [9.17, 15) is 0 Å². The fourth-order valence-electron chi connectivity index (χ4n) is 0.403. The highest BCUT2D eigenvalue weighted by Gasteiger charge is 2.15. The van der Waals surface area contributed by atoms with Crippen LogP contribution in [0.5, 0.6) is 0 Å². The van der Waals surface area contributed by atoms with Crippen molar-refractivity contribution in [3.8, 4) is 0 Å². The van der Waals surface area contributed by atoms with Crippen LogP contribution in [0.4, 0.5) is 0 Å². The van der Waals surface area contributed by atoms with Gasteiger partial charge in [-0.15, -0.1) is 0 Å². The highest BCUT2D eigenvalue weighted by molar-refractivity contribution is 4.66. The Morgan fingerprint density at radius 1 is 0.909 bits per heavy atom. The molecule has 0 spiro atoms. The summed E-state index contributed by atoms with van der Waals surface area (Å²) in [7, 11) is 3.25. The molecule has 11 heavy (non-hydrogen) atoms. The van der Waals surface area contributed by atoms with Crippen molar-refractivity contribution in [2.24, 2.45) is 0 Å². The first kappa shape index (κ1) is 13.4. The minimum absolute atomic E-state index is 0.852. The fourth-order valence-corrected chi connectivity index (χ4v) is 0.403. The third kappa shape index (κ3) is 9.84. The van der Waals surface area contributed by atoms with Gasteiger partial charge in [0.25, 0.3) is 0 Å². The van der Waals surface area contributed by atoms with Gasteiger partial charge in [0.15, 0.2) is 0 Å². The van der Waals surface area contributed by atoms with E-state index < -0.39 is 18.3 Å². The first-order chi connectivity index (χ1) is 4.97. The molecule has 70 valence electrons. The Morgan fingerprint density at radius 3 is 1.09 bits per heavy atom. The van der Waals surface area contributed by atoms with E-state index >= 15 is 0 Å². The van der Waals surface area contributed by atoms with Crippen LogP contribution in [0.3, 0.4) is 0 Å². The van der Waals surface area contributed by atoms with Crippen LogP contribution in [0.1, 0.15) is 13.8 Å². The maximum absolute atomic E-state index is 8.70. The zero-order valence-electron chi connectivity index (χ0n) is 7.48. The number of ether oxygens (including phenoxy) is 1. The van der Waals surface area contributed by atoms with Crippen LogP contribution in [0.15, 0.2) is 0 Å². The quantitative estimate of drug-likeness (QED) is 0.511. The molecule has 0 bridgehead atoms. The van der Waals surface area contributed by atoms with Gasteiger partial charge in [-0.3, -0.25) is 0 Å². The third-order valence-electron chi connectivity index (χ3n) is 0.989. The van der Waals surface area contributed by atoms with Gasteiger partial charge in [0.05, 0.1) is 12.2 Å². The lowest BCUT2D eigenvalue weighted by molar-refractivity contribution is -0.0438. The zero-order valence-corrected chi connectivity index (χ0v) is 7.48. The summed E-state index contributed by atoms with van der Waals surface area (Å²) < 4.78 is 4.25. The van der Waals surface area contributed by atoms with Crippen molar-refractivity contribution in [1.82, 2.24) is 0 Å². The molecule has 0 saturated heterocycles. The van der Waals surface area contributed by atoms with Gasteiger partial charge in [0, 0.05) is 14.2 Å². The van der Waals surface area contributed by atoms with Crippen LogP contribution in [0.25, 0.3) is 0 Å². The summed E-state index contributed by atoms with van der Waals surface area (Å²) in [6.07, 6.45) is -2.72. The molecule has 0 heterocycles. The van der Waals surface area contributed by atoms with Gasteiger partial charge in [-0.1, -0.05) is 0 Å². The largest absolute Gasteiger partial charge is 0.391 e. The number of hydrogen-bond donors (Lipinski definition) is 3. The van der Waals surface area contributed by atoms with Crippen molar-refractivity contribution in [3.05, 3.63) is 0 Å². The highest BCUT2D eigenvalue weighted by atomic mass is 16.4. The number of aliphatic hydroxyl groups is 3. The average molecular weight is 166 g/mol. The van der Waals surface area contributed by atoms with Crippen LogP contribution < -0.4 is 0 Å². The molecule has 0 aromatic carbocycles. The lowest BCUT2D eigenvalue weighted by atomic mass is 10.1. The smallest absolute Gasteiger partial charge is 0.105 e. The van der Waals surface area contributed by atoms with Crippen LogP contribution in [-0.2, 0) is 4.74 Å². The minimum atomic E-state index is -1.02. The fraction of sp³-hybridized carbons (Fsp3) is 1.00. The van der Waals surface area contributed by atoms with Gasteiger partial charge < -0.3 is 20.1 Å². The van der Waals surface area contributed by atoms with E-state index in [1.54, 1.807) is 14.2 Å². The normalized spacial score (nSPS) is 17.7. The molecular weight excluding hydrogens is 148 g/mol. The molecule has 0 aliphatic carbocycles. The Labute approximate surface area is 67.4 Å². The average Bonchev–Trinajstić information content (AvgIpc) is 1.87. The molecule has 0 amide bonds. The molecule has 0 rings (SSSR count). The summed E-state index contributed by atoms with van der Waals surface area (Å²) >= 11 is 0. The molecule has 4 heteroatoms. The Bertz CT molecular complexity index is 64.8. The van der Waals surface area contributed by atoms with E-state index in [4.69, 9.17) is 15.3 Å². The molecule has 0 saturated carbocycles. The maximum atomic E-state index is 8.70. The second-order valence-corrected chi connectivity index (χ2v) is 2.38. The summed E-state index contributed by atoms with van der Waals surface area (Å²) in [6, 6.07) is 0. The van der Waals surface area contributed by atoms with E-state index in [0.717, 1.165) is 0 Å². The van der Waals surface area contributed by atoms with Gasteiger partial charge in [-0.2, -0.15) is 0 Å². The Hall–Kier alpha value is -0.160. The van der Waals surface area contributed by atoms with Crippen molar-refractivity contribution in [1.29, 1.82) is 0 Å². The van der Waals surface area contributed by atoms with Crippen molar-refractivity contribution >= 4 is 0 Å². The van der Waals surface area contributed by atoms with Crippen LogP contribution in [-0.4, -0.2) is 47.9 Å². The topological polar surface area (TPSA) is 69.9 Å². The van der Waals surface area contributed by atoms with Gasteiger partial charge in [0.1, 0.15) is 6.10 Å². The first-order valence-electron chi connectivity index (χ1n) is 3.41. The zero-order chi connectivity index (χ0) is 9.44. The standard InChI is InChI=1S/C5H12O3.C2H6O/c1-3(6)5(8)4(2)7;1-3-2/h3-8H,1-2H3;1-2H3. The van der Waals surface area contributed by atoms with Crippen LogP contribution in [0.2, 0.25) is 0 Å². The summed E-state index contributed by atoms with van der Waals surface area (Å²) in [5.74, 6) is 0. The third-order valence-corrected chi connectivity index (χ3v) is 0.989. The summed E-state index contributed by atoms with van der Waals surface area (Å²) in [5, 5.41) is 25.9. The lowest BCUT2D eigenvalue weighted by Crippen LogP contribution is -2.33. The first-order valence-corrected chi connectivity index (χ1v) is 3.41. The molecule has 4 nitrogen and oxygen atoms in total. The molecule has 2 atom stereocenters. The summed E-state index contributed by atoms with van der Waals surface area (Å²) in [4.78, 5) is 0. The molecule has 0 aliphatic rings. The molecular formula is C7H18O4. The summed E-state index contributed by atoms with van der Waals surface area (Å²) in [6.45, 7) is 2.86. The molecule has 3 N–H and O–H groups in total. The second-order valence-electron chi connectivity index (χ2n) is 2.38. The van der Waals surface area contributed by atoms with E-state index in [1.807, 2.05) is 0 Å². The molecule has 0 aromatic rings. The maximum Gasteiger partial charge on any atom is 0.105 e. The van der Waals surface area contributed by atoms with Gasteiger partial charge in [0.2, 0.25) is 0 Å². The molecule has 0 radical (unpaired) electrons. The van der Waals surface area contributed by atoms with Gasteiger partial charge in [-0.25, -0.2) is 0 Å². The SMILES string of the molecule is CC(O)C(O)C(C)O.COC. The van der Waals surface area contributed by atoms with E-state index in [2.05, 4.69) is 4.74 Å². The van der Waals surface area contributed by atoms with E-state index in [-0.39, 0.29) is 0 Å². The summed E-state index contributed by atoms with van der Waals surface area (Å²) in [5.41, 5.74) is 0. The van der Waals surface area contributed by atoms with Crippen molar-refractivity contribution in [3.63, 3.8) is 0 Å². The predicted molar refractivity (Wildman–Crippen MR) is 42.3 cm³/mol. The molecule has 0 fully saturated rings. The number of methoxy groups -OCH3 is 1. The van der Waals surface area contributed by atoms with Crippen molar-refractivity contribution in [2.75, 3.05) is 14.2 Å². The van der Waals surface area contributed by atoms with Crippen LogP contribution in [0, 0.1) is 0 Å². The second kappa shape index (κ2) is 7.94. The highest BCUT2D eigenvalue weighted by Crippen LogP contribution is 1.96. The Balaban J connectivity index is 0. The predicted octanol–water partition coefficient (Wildman–Crippen LogP) is -0.629. The number of rotatable bonds is 2. The monoisotopic (exact) mass is 166 g/mol. The van der Waals surface area contributed by atoms with Gasteiger partial charge in [-0.05, 0) is 13.8 Å². The molecule has 2 unspecified atom stereocenters. The Morgan fingerprint density at radius 2 is 1.09 bits per heavy atom. The van der Waals surface area contributed by atoms with Gasteiger partial charge >= 0.3 is 0 Å². The van der Waals surface area contributed by atoms with Crippen LogP contribution >= 0.6 is 0 Å². The molecule has 0 aromatic heterocycles. The minimum Gasteiger partial charge on any atom is -0.391 e. The Kier molecular flexibility index (Phi) is 9.70. The van der Waals surface area contributed by atoms with E-state index in [1.165, 1.54) is 13.8 Å². The van der Waals surface area contributed by atoms with E-state index in [0.29, 0.717) is 0 Å². The van der Waals surface area contributed by atoms with Crippen molar-refractivity contribution in [2.45, 2.75) is 32.2 Å². The number of hydrogen-bond acceptors (Lipinski definition) is 4. The molecule has 0 aliphatic heterocycles. The van der Waals surface area contributed by atoms with Crippen molar-refractivity contribution < 1.29 is 20.1 Å².